The Morgan fingerprint density at radius 2 is 1.84 bits per heavy atom. The standard InChI is InChI=1S/C11H19ClN6O/c12-18-14-10(16-3-1-13-2-4-16)9-11(15-18)17-5-7-19-8-6-17/h9,13,15H,1-8H2. The molecule has 2 fully saturated rings. The van der Waals surface area contributed by atoms with Crippen LogP contribution in [0.25, 0.3) is 0 Å². The van der Waals surface area contributed by atoms with Crippen molar-refractivity contribution in [2.75, 3.05) is 52.5 Å². The van der Waals surface area contributed by atoms with Gasteiger partial charge in [-0.1, -0.05) is 0 Å². The van der Waals surface area contributed by atoms with E-state index < -0.39 is 0 Å². The van der Waals surface area contributed by atoms with Crippen molar-refractivity contribution < 1.29 is 4.74 Å². The van der Waals surface area contributed by atoms with Crippen molar-refractivity contribution >= 4 is 17.6 Å². The summed E-state index contributed by atoms with van der Waals surface area (Å²) in [6.45, 7) is 7.12. The molecule has 0 amide bonds. The topological polar surface area (TPSA) is 55.4 Å². The average molecular weight is 287 g/mol. The normalized spacial score (nSPS) is 24.8. The Bertz CT molecular complexity index is 375. The van der Waals surface area contributed by atoms with E-state index in [9.17, 15) is 0 Å². The van der Waals surface area contributed by atoms with Crippen molar-refractivity contribution in [3.8, 4) is 0 Å². The molecule has 0 atom stereocenters. The number of hydrogen-bond donors (Lipinski definition) is 2. The summed E-state index contributed by atoms with van der Waals surface area (Å²) in [5.74, 6) is 1.90. The lowest BCUT2D eigenvalue weighted by atomic mass is 10.3. The quantitative estimate of drug-likeness (QED) is 0.625. The van der Waals surface area contributed by atoms with Crippen LogP contribution in [0.3, 0.4) is 0 Å². The van der Waals surface area contributed by atoms with Crippen LogP contribution in [0.5, 0.6) is 0 Å². The summed E-state index contributed by atoms with van der Waals surface area (Å²) >= 11 is 6.04. The molecule has 19 heavy (non-hydrogen) atoms. The predicted molar refractivity (Wildman–Crippen MR) is 73.2 cm³/mol. The number of halogens is 1. The Kier molecular flexibility index (Phi) is 3.95. The van der Waals surface area contributed by atoms with E-state index in [-0.39, 0.29) is 0 Å². The number of nitrogens with zero attached hydrogens (tertiary/aromatic N) is 4. The van der Waals surface area contributed by atoms with Crippen molar-refractivity contribution in [2.45, 2.75) is 0 Å². The van der Waals surface area contributed by atoms with Crippen LogP contribution in [-0.2, 0) is 4.74 Å². The van der Waals surface area contributed by atoms with Crippen LogP contribution in [0.15, 0.2) is 17.0 Å². The van der Waals surface area contributed by atoms with E-state index >= 15 is 0 Å². The molecule has 2 N–H and O–H groups in total. The molecule has 0 aliphatic carbocycles. The summed E-state index contributed by atoms with van der Waals surface area (Å²) in [4.78, 5) is 4.48. The highest BCUT2D eigenvalue weighted by atomic mass is 35.5. The fourth-order valence-corrected chi connectivity index (χ4v) is 2.57. The van der Waals surface area contributed by atoms with Gasteiger partial charge in [0.2, 0.25) is 0 Å². The zero-order chi connectivity index (χ0) is 13.1. The van der Waals surface area contributed by atoms with Crippen LogP contribution >= 0.6 is 11.8 Å². The number of morpholine rings is 1. The number of nitrogens with one attached hydrogen (secondary N) is 2. The van der Waals surface area contributed by atoms with Gasteiger partial charge in [-0.05, 0) is 0 Å². The van der Waals surface area contributed by atoms with E-state index in [4.69, 9.17) is 16.5 Å². The van der Waals surface area contributed by atoms with Crippen LogP contribution in [0, 0.1) is 0 Å². The molecule has 2 saturated heterocycles. The highest BCUT2D eigenvalue weighted by Gasteiger charge is 2.22. The van der Waals surface area contributed by atoms with E-state index in [1.54, 1.807) is 0 Å². The first kappa shape index (κ1) is 12.8. The zero-order valence-corrected chi connectivity index (χ0v) is 11.6. The number of hydrogen-bond acceptors (Lipinski definition) is 7. The van der Waals surface area contributed by atoms with Crippen molar-refractivity contribution in [3.63, 3.8) is 0 Å². The maximum Gasteiger partial charge on any atom is 0.155 e. The lowest BCUT2D eigenvalue weighted by Gasteiger charge is -2.36. The highest BCUT2D eigenvalue weighted by Crippen LogP contribution is 2.13. The largest absolute Gasteiger partial charge is 0.378 e. The van der Waals surface area contributed by atoms with Gasteiger partial charge in [-0.15, -0.1) is 9.74 Å². The third kappa shape index (κ3) is 3.05. The predicted octanol–water partition coefficient (Wildman–Crippen LogP) is -0.647. The molecule has 0 aromatic carbocycles. The highest BCUT2D eigenvalue weighted by molar-refractivity contribution is 6.14. The van der Waals surface area contributed by atoms with E-state index in [1.165, 1.54) is 4.64 Å². The van der Waals surface area contributed by atoms with Gasteiger partial charge in [-0.25, -0.2) is 0 Å². The van der Waals surface area contributed by atoms with Crippen molar-refractivity contribution in [1.29, 1.82) is 0 Å². The summed E-state index contributed by atoms with van der Waals surface area (Å²) < 4.78 is 6.63. The van der Waals surface area contributed by atoms with Crippen LogP contribution in [0.1, 0.15) is 0 Å². The van der Waals surface area contributed by atoms with E-state index in [2.05, 4.69) is 31.7 Å². The first-order valence-corrected chi connectivity index (χ1v) is 6.98. The Hall–Kier alpha value is -1.18. The smallest absolute Gasteiger partial charge is 0.155 e. The lowest BCUT2D eigenvalue weighted by molar-refractivity contribution is 0.0459. The molecule has 0 radical (unpaired) electrons. The summed E-state index contributed by atoms with van der Waals surface area (Å²) in [7, 11) is 0. The molecule has 3 rings (SSSR count). The summed E-state index contributed by atoms with van der Waals surface area (Å²) in [5, 5.41) is 7.65. The molecule has 8 heteroatoms. The second kappa shape index (κ2) is 5.85. The van der Waals surface area contributed by atoms with Crippen molar-refractivity contribution in [1.82, 2.24) is 25.2 Å². The number of ether oxygens (including phenoxy) is 1. The zero-order valence-electron chi connectivity index (χ0n) is 10.8. The van der Waals surface area contributed by atoms with Gasteiger partial charge in [-0.2, -0.15) is 0 Å². The molecular weight excluding hydrogens is 268 g/mol. The van der Waals surface area contributed by atoms with Crippen LogP contribution in [0.2, 0.25) is 0 Å². The molecule has 0 bridgehead atoms. The Morgan fingerprint density at radius 3 is 2.58 bits per heavy atom. The van der Waals surface area contributed by atoms with Crippen LogP contribution in [0.4, 0.5) is 0 Å². The van der Waals surface area contributed by atoms with Gasteiger partial charge in [0.15, 0.2) is 5.84 Å². The lowest BCUT2D eigenvalue weighted by Crippen LogP contribution is -2.50. The number of hydrazone groups is 1. The Labute approximate surface area is 117 Å². The molecule has 0 spiro atoms. The molecule has 0 aromatic heterocycles. The molecule has 3 aliphatic heterocycles. The first-order valence-electron chi connectivity index (χ1n) is 6.64. The molecule has 0 saturated carbocycles. The number of piperazine rings is 1. The fourth-order valence-electron chi connectivity index (χ4n) is 2.41. The van der Waals surface area contributed by atoms with Crippen LogP contribution in [-0.4, -0.2) is 72.8 Å². The monoisotopic (exact) mass is 286 g/mol. The van der Waals surface area contributed by atoms with E-state index in [1.807, 2.05) is 0 Å². The molecule has 3 heterocycles. The van der Waals surface area contributed by atoms with Gasteiger partial charge in [0.05, 0.1) is 25.0 Å². The van der Waals surface area contributed by atoms with Crippen LogP contribution < -0.4 is 10.7 Å². The van der Waals surface area contributed by atoms with E-state index in [0.29, 0.717) is 0 Å². The van der Waals surface area contributed by atoms with Crippen molar-refractivity contribution in [2.24, 2.45) is 5.10 Å². The third-order valence-electron chi connectivity index (χ3n) is 3.46. The van der Waals surface area contributed by atoms with Crippen molar-refractivity contribution in [3.05, 3.63) is 11.9 Å². The first-order chi connectivity index (χ1) is 9.33. The third-order valence-corrected chi connectivity index (χ3v) is 3.62. The molecule has 106 valence electrons. The minimum atomic E-state index is 0.751. The molecule has 3 aliphatic rings. The van der Waals surface area contributed by atoms with Gasteiger partial charge in [0, 0.05) is 45.3 Å². The maximum atomic E-state index is 6.04. The SMILES string of the molecule is ClN1N=C(N2CCNCC2)C=C(N2CCOCC2)N1. The number of amidine groups is 1. The average Bonchev–Trinajstić information content (AvgIpc) is 2.48. The minimum absolute atomic E-state index is 0.751. The Balaban J connectivity index is 1.73. The van der Waals surface area contributed by atoms with Gasteiger partial charge < -0.3 is 19.9 Å². The summed E-state index contributed by atoms with van der Waals surface area (Å²) in [5.41, 5.74) is 3.06. The van der Waals surface area contributed by atoms with Gasteiger partial charge in [-0.3, -0.25) is 5.43 Å². The minimum Gasteiger partial charge on any atom is -0.378 e. The molecule has 0 aromatic rings. The second-order valence-electron chi connectivity index (χ2n) is 4.70. The number of hydrazine groups is 1. The number of rotatable bonds is 1. The maximum absolute atomic E-state index is 6.04. The molecule has 0 unspecified atom stereocenters. The molecular formula is C11H19ClN6O. The molecule has 7 nitrogen and oxygen atoms in total. The summed E-state index contributed by atoms with van der Waals surface area (Å²) in [6, 6.07) is 0. The van der Waals surface area contributed by atoms with Gasteiger partial charge in [0.25, 0.3) is 0 Å². The Morgan fingerprint density at radius 1 is 1.11 bits per heavy atom. The summed E-state index contributed by atoms with van der Waals surface area (Å²) in [6.07, 6.45) is 2.06. The fraction of sp³-hybridized carbons (Fsp3) is 0.727. The van der Waals surface area contributed by atoms with Gasteiger partial charge in [0.1, 0.15) is 5.82 Å². The van der Waals surface area contributed by atoms with E-state index in [0.717, 1.165) is 64.1 Å². The second-order valence-corrected chi connectivity index (χ2v) is 5.02. The van der Waals surface area contributed by atoms with Gasteiger partial charge >= 0.3 is 0 Å².